The zero-order chi connectivity index (χ0) is 11.5. The van der Waals surface area contributed by atoms with Crippen molar-refractivity contribution in [2.75, 3.05) is 5.32 Å². The van der Waals surface area contributed by atoms with E-state index in [4.69, 9.17) is 0 Å². The van der Waals surface area contributed by atoms with E-state index in [0.717, 1.165) is 27.6 Å². The molecule has 0 spiro atoms. The third-order valence-electron chi connectivity index (χ3n) is 1.95. The Morgan fingerprint density at radius 3 is 2.56 bits per heavy atom. The van der Waals surface area contributed by atoms with Crippen LogP contribution in [0.5, 0.6) is 0 Å². The van der Waals surface area contributed by atoms with Crippen LogP contribution in [0.1, 0.15) is 11.5 Å². The molecule has 0 fully saturated rings. The van der Waals surface area contributed by atoms with E-state index in [1.54, 1.807) is 6.20 Å². The molecule has 0 unspecified atom stereocenters. The van der Waals surface area contributed by atoms with E-state index in [1.165, 1.54) is 0 Å². The summed E-state index contributed by atoms with van der Waals surface area (Å²) in [5.74, 6) is 2.28. The molecule has 4 nitrogen and oxygen atoms in total. The van der Waals surface area contributed by atoms with Crippen LogP contribution in [0, 0.1) is 13.8 Å². The Bertz CT molecular complexity index is 476. The highest BCUT2D eigenvalue weighted by atomic mass is 79.9. The van der Waals surface area contributed by atoms with Gasteiger partial charge in [-0.1, -0.05) is 0 Å². The second-order valence-electron chi connectivity index (χ2n) is 3.43. The number of hydrogen-bond donors (Lipinski definition) is 1. The molecule has 0 amide bonds. The monoisotopic (exact) mass is 278 g/mol. The third-order valence-corrected chi connectivity index (χ3v) is 2.42. The van der Waals surface area contributed by atoms with Crippen molar-refractivity contribution in [3.63, 3.8) is 0 Å². The van der Waals surface area contributed by atoms with Crippen molar-refractivity contribution >= 4 is 27.6 Å². The Balaban J connectivity index is 2.23. The molecule has 0 aliphatic rings. The van der Waals surface area contributed by atoms with Crippen LogP contribution in [0.15, 0.2) is 28.9 Å². The van der Waals surface area contributed by atoms with Gasteiger partial charge in [0.25, 0.3) is 0 Å². The zero-order valence-corrected chi connectivity index (χ0v) is 10.6. The van der Waals surface area contributed by atoms with Crippen molar-refractivity contribution < 1.29 is 0 Å². The molecule has 5 heteroatoms. The van der Waals surface area contributed by atoms with E-state index < -0.39 is 0 Å². The van der Waals surface area contributed by atoms with Crippen LogP contribution < -0.4 is 5.32 Å². The highest BCUT2D eigenvalue weighted by Crippen LogP contribution is 2.15. The number of rotatable bonds is 2. The maximum Gasteiger partial charge on any atom is 0.135 e. The van der Waals surface area contributed by atoms with Crippen molar-refractivity contribution in [3.8, 4) is 0 Å². The number of pyridine rings is 1. The number of aryl methyl sites for hydroxylation is 2. The van der Waals surface area contributed by atoms with Crippen LogP contribution in [0.25, 0.3) is 0 Å². The highest BCUT2D eigenvalue weighted by Gasteiger charge is 2.00. The molecule has 1 N–H and O–H groups in total. The Labute approximate surface area is 102 Å². The van der Waals surface area contributed by atoms with Crippen molar-refractivity contribution in [1.82, 2.24) is 15.0 Å². The molecule has 2 aromatic rings. The molecule has 2 aromatic heterocycles. The first-order valence-electron chi connectivity index (χ1n) is 4.84. The lowest BCUT2D eigenvalue weighted by molar-refractivity contribution is 1.01. The summed E-state index contributed by atoms with van der Waals surface area (Å²) in [4.78, 5) is 12.7. The minimum atomic E-state index is 0.750. The lowest BCUT2D eigenvalue weighted by Gasteiger charge is -2.06. The average Bonchev–Trinajstić information content (AvgIpc) is 2.20. The van der Waals surface area contributed by atoms with Gasteiger partial charge < -0.3 is 5.32 Å². The molecular weight excluding hydrogens is 268 g/mol. The van der Waals surface area contributed by atoms with Gasteiger partial charge in [-0.25, -0.2) is 15.0 Å². The number of halogens is 1. The summed E-state index contributed by atoms with van der Waals surface area (Å²) in [7, 11) is 0. The summed E-state index contributed by atoms with van der Waals surface area (Å²) in [5.41, 5.74) is 0.937. The van der Waals surface area contributed by atoms with E-state index in [9.17, 15) is 0 Å². The van der Waals surface area contributed by atoms with Crippen molar-refractivity contribution in [2.24, 2.45) is 0 Å². The fraction of sp³-hybridized carbons (Fsp3) is 0.182. The van der Waals surface area contributed by atoms with E-state index in [-0.39, 0.29) is 0 Å². The average molecular weight is 279 g/mol. The Morgan fingerprint density at radius 1 is 1.12 bits per heavy atom. The summed E-state index contributed by atoms with van der Waals surface area (Å²) in [5, 5.41) is 3.13. The first-order chi connectivity index (χ1) is 7.63. The molecule has 2 heterocycles. The number of aromatic nitrogens is 3. The van der Waals surface area contributed by atoms with Crippen LogP contribution in [0.4, 0.5) is 11.6 Å². The lowest BCUT2D eigenvalue weighted by Crippen LogP contribution is -1.99. The number of hydrogen-bond acceptors (Lipinski definition) is 4. The Morgan fingerprint density at radius 2 is 1.94 bits per heavy atom. The Hall–Kier alpha value is -1.49. The van der Waals surface area contributed by atoms with Crippen LogP contribution in [-0.2, 0) is 0 Å². The summed E-state index contributed by atoms with van der Waals surface area (Å²) in [6, 6.07) is 5.70. The third kappa shape index (κ3) is 2.76. The zero-order valence-electron chi connectivity index (χ0n) is 9.03. The van der Waals surface area contributed by atoms with Crippen molar-refractivity contribution in [3.05, 3.63) is 40.4 Å². The lowest BCUT2D eigenvalue weighted by atomic mass is 10.4. The van der Waals surface area contributed by atoms with Gasteiger partial charge in [0.1, 0.15) is 17.5 Å². The first kappa shape index (κ1) is 11.0. The van der Waals surface area contributed by atoms with Gasteiger partial charge in [0.2, 0.25) is 0 Å². The van der Waals surface area contributed by atoms with Gasteiger partial charge >= 0.3 is 0 Å². The van der Waals surface area contributed by atoms with E-state index >= 15 is 0 Å². The Kier molecular flexibility index (Phi) is 3.14. The molecule has 0 saturated carbocycles. The molecule has 0 bridgehead atoms. The predicted molar refractivity (Wildman–Crippen MR) is 66.7 cm³/mol. The quantitative estimate of drug-likeness (QED) is 0.918. The topological polar surface area (TPSA) is 50.7 Å². The van der Waals surface area contributed by atoms with E-state index in [2.05, 4.69) is 36.2 Å². The van der Waals surface area contributed by atoms with Crippen LogP contribution in [-0.4, -0.2) is 15.0 Å². The van der Waals surface area contributed by atoms with Crippen LogP contribution in [0.2, 0.25) is 0 Å². The molecular formula is C11H11BrN4. The maximum atomic E-state index is 4.28. The smallest absolute Gasteiger partial charge is 0.135 e. The summed E-state index contributed by atoms with van der Waals surface area (Å²) in [6.07, 6.45) is 1.74. The highest BCUT2D eigenvalue weighted by molar-refractivity contribution is 9.10. The minimum Gasteiger partial charge on any atom is -0.325 e. The van der Waals surface area contributed by atoms with Gasteiger partial charge in [-0.2, -0.15) is 0 Å². The van der Waals surface area contributed by atoms with Gasteiger partial charge in [-0.05, 0) is 41.9 Å². The second kappa shape index (κ2) is 4.57. The second-order valence-corrected chi connectivity index (χ2v) is 4.34. The minimum absolute atomic E-state index is 0.750. The summed E-state index contributed by atoms with van der Waals surface area (Å²) < 4.78 is 0.952. The predicted octanol–water partition coefficient (Wildman–Crippen LogP) is 2.99. The molecule has 16 heavy (non-hydrogen) atoms. The molecule has 82 valence electrons. The molecule has 2 rings (SSSR count). The SMILES string of the molecule is Cc1cc(Nc2ccc(Br)cn2)nc(C)n1. The van der Waals surface area contributed by atoms with Crippen molar-refractivity contribution in [2.45, 2.75) is 13.8 Å². The standard InChI is InChI=1S/C11H11BrN4/c1-7-5-11(15-8(2)14-7)16-10-4-3-9(12)6-13-10/h3-6H,1-2H3,(H,13,14,15,16). The maximum absolute atomic E-state index is 4.28. The van der Waals surface area contributed by atoms with Gasteiger partial charge in [0, 0.05) is 22.4 Å². The number of anilines is 2. The summed E-state index contributed by atoms with van der Waals surface area (Å²) >= 11 is 3.34. The van der Waals surface area contributed by atoms with E-state index in [1.807, 2.05) is 32.0 Å². The number of nitrogens with one attached hydrogen (secondary N) is 1. The normalized spacial score (nSPS) is 10.2. The van der Waals surface area contributed by atoms with Gasteiger partial charge in [-0.3, -0.25) is 0 Å². The van der Waals surface area contributed by atoms with Crippen molar-refractivity contribution in [1.29, 1.82) is 0 Å². The molecule has 0 aliphatic heterocycles. The first-order valence-corrected chi connectivity index (χ1v) is 5.63. The molecule has 0 radical (unpaired) electrons. The molecule has 0 saturated heterocycles. The van der Waals surface area contributed by atoms with E-state index in [0.29, 0.717) is 0 Å². The molecule has 0 aromatic carbocycles. The van der Waals surface area contributed by atoms with Crippen LogP contribution >= 0.6 is 15.9 Å². The van der Waals surface area contributed by atoms with Crippen LogP contribution in [0.3, 0.4) is 0 Å². The molecule has 0 atom stereocenters. The fourth-order valence-corrected chi connectivity index (χ4v) is 1.60. The largest absolute Gasteiger partial charge is 0.325 e. The summed E-state index contributed by atoms with van der Waals surface area (Å²) in [6.45, 7) is 3.81. The molecule has 0 aliphatic carbocycles. The van der Waals surface area contributed by atoms with Gasteiger partial charge in [-0.15, -0.1) is 0 Å². The van der Waals surface area contributed by atoms with Gasteiger partial charge in [0.05, 0.1) is 0 Å². The number of nitrogens with zero attached hydrogens (tertiary/aromatic N) is 3. The van der Waals surface area contributed by atoms with Gasteiger partial charge in [0.15, 0.2) is 0 Å². The fourth-order valence-electron chi connectivity index (χ4n) is 1.36.